The molecule has 3 rings (SSSR count). The van der Waals surface area contributed by atoms with E-state index in [1.807, 2.05) is 0 Å². The van der Waals surface area contributed by atoms with Crippen LogP contribution in [-0.2, 0) is 9.47 Å². The molecule has 26 heavy (non-hydrogen) atoms. The molecule has 3 saturated heterocycles. The van der Waals surface area contributed by atoms with E-state index >= 15 is 0 Å². The summed E-state index contributed by atoms with van der Waals surface area (Å²) in [6.45, 7) is 15.7. The van der Waals surface area contributed by atoms with Crippen molar-refractivity contribution in [3.05, 3.63) is 0 Å². The summed E-state index contributed by atoms with van der Waals surface area (Å²) in [6, 6.07) is 0. The number of nitrogens with zero attached hydrogens (tertiary/aromatic N) is 2. The number of guanidine groups is 1. The van der Waals surface area contributed by atoms with Crippen molar-refractivity contribution in [1.29, 1.82) is 0 Å². The van der Waals surface area contributed by atoms with Crippen LogP contribution in [0.4, 0.5) is 0 Å². The fraction of sp³-hybridized carbons (Fsp3) is 0.950. The highest BCUT2D eigenvalue weighted by atomic mass is 127. The Morgan fingerprint density at radius 3 is 2.73 bits per heavy atom. The van der Waals surface area contributed by atoms with Gasteiger partial charge in [0.05, 0.1) is 12.7 Å². The van der Waals surface area contributed by atoms with Crippen molar-refractivity contribution in [2.75, 3.05) is 46.0 Å². The molecule has 0 amide bonds. The Balaban J connectivity index is 0.00000243. The molecule has 6 heteroatoms. The van der Waals surface area contributed by atoms with E-state index in [-0.39, 0.29) is 29.4 Å². The number of rotatable bonds is 3. The Kier molecular flexibility index (Phi) is 8.04. The predicted octanol–water partition coefficient (Wildman–Crippen LogP) is 3.52. The Hall–Kier alpha value is -0.0800. The molecule has 0 bridgehead atoms. The summed E-state index contributed by atoms with van der Waals surface area (Å²) < 4.78 is 11.8. The van der Waals surface area contributed by atoms with Gasteiger partial charge in [0.15, 0.2) is 5.96 Å². The van der Waals surface area contributed by atoms with Crippen molar-refractivity contribution in [3.8, 4) is 0 Å². The van der Waals surface area contributed by atoms with Crippen LogP contribution >= 0.6 is 24.0 Å². The topological polar surface area (TPSA) is 46.1 Å². The van der Waals surface area contributed by atoms with Crippen LogP contribution in [0, 0.1) is 16.7 Å². The number of halogens is 1. The van der Waals surface area contributed by atoms with E-state index in [2.05, 4.69) is 37.9 Å². The third-order valence-corrected chi connectivity index (χ3v) is 6.03. The molecule has 3 aliphatic rings. The molecular weight excluding hydrogens is 441 g/mol. The van der Waals surface area contributed by atoms with E-state index in [4.69, 9.17) is 14.5 Å². The zero-order chi connectivity index (χ0) is 17.9. The van der Waals surface area contributed by atoms with Crippen LogP contribution in [0.1, 0.15) is 53.4 Å². The van der Waals surface area contributed by atoms with E-state index in [9.17, 15) is 0 Å². The molecule has 0 saturated carbocycles. The lowest BCUT2D eigenvalue weighted by atomic mass is 9.78. The maximum Gasteiger partial charge on any atom is 0.193 e. The van der Waals surface area contributed by atoms with Gasteiger partial charge in [0.2, 0.25) is 0 Å². The molecule has 3 fully saturated rings. The Morgan fingerprint density at radius 1 is 1.27 bits per heavy atom. The fourth-order valence-electron chi connectivity index (χ4n) is 4.70. The largest absolute Gasteiger partial charge is 0.381 e. The van der Waals surface area contributed by atoms with Crippen LogP contribution in [-0.4, -0.2) is 63.0 Å². The first-order valence-corrected chi connectivity index (χ1v) is 10.2. The van der Waals surface area contributed by atoms with Gasteiger partial charge in [-0.1, -0.05) is 20.8 Å². The second kappa shape index (κ2) is 9.41. The minimum atomic E-state index is 0. The van der Waals surface area contributed by atoms with Crippen LogP contribution in [0.15, 0.2) is 4.99 Å². The van der Waals surface area contributed by atoms with Crippen molar-refractivity contribution in [3.63, 3.8) is 0 Å². The number of hydrogen-bond donors (Lipinski definition) is 1. The molecular formula is C20H38IN3O2. The van der Waals surface area contributed by atoms with E-state index in [0.717, 1.165) is 58.4 Å². The molecule has 0 aromatic rings. The van der Waals surface area contributed by atoms with Crippen LogP contribution < -0.4 is 5.32 Å². The SMILES string of the molecule is CCNC(=NCC1CCCOC1C(C)(C)C)N1CCC2(CCOC2)C1.I. The highest BCUT2D eigenvalue weighted by molar-refractivity contribution is 14.0. The first-order chi connectivity index (χ1) is 11.9. The summed E-state index contributed by atoms with van der Waals surface area (Å²) >= 11 is 0. The molecule has 0 aromatic heterocycles. The second-order valence-electron chi connectivity index (χ2n) is 9.23. The minimum Gasteiger partial charge on any atom is -0.381 e. The molecule has 1 spiro atoms. The van der Waals surface area contributed by atoms with Crippen LogP contribution in [0.5, 0.6) is 0 Å². The average Bonchev–Trinajstić information content (AvgIpc) is 3.21. The minimum absolute atomic E-state index is 0. The van der Waals surface area contributed by atoms with Gasteiger partial charge in [0.1, 0.15) is 0 Å². The average molecular weight is 479 g/mol. The van der Waals surface area contributed by atoms with Gasteiger partial charge in [-0.25, -0.2) is 0 Å². The summed E-state index contributed by atoms with van der Waals surface area (Å²) in [5.41, 5.74) is 0.552. The molecule has 1 N–H and O–H groups in total. The van der Waals surface area contributed by atoms with Gasteiger partial charge in [-0.3, -0.25) is 4.99 Å². The summed E-state index contributed by atoms with van der Waals surface area (Å²) in [5, 5.41) is 3.52. The number of ether oxygens (including phenoxy) is 2. The summed E-state index contributed by atoms with van der Waals surface area (Å²) in [6.07, 6.45) is 5.12. The van der Waals surface area contributed by atoms with Gasteiger partial charge in [-0.2, -0.15) is 0 Å². The molecule has 3 atom stereocenters. The standard InChI is InChI=1S/C20H37N3O2.HI/c1-5-21-18(23-10-8-20(14-23)9-12-24-15-20)22-13-16-7-6-11-25-17(16)19(2,3)4;/h16-17H,5-15H2,1-4H3,(H,21,22);1H. The zero-order valence-corrected chi connectivity index (χ0v) is 19.4. The molecule has 3 heterocycles. The van der Waals surface area contributed by atoms with Crippen molar-refractivity contribution in [2.45, 2.75) is 59.5 Å². The number of nitrogens with one attached hydrogen (secondary N) is 1. The van der Waals surface area contributed by atoms with Crippen molar-refractivity contribution in [2.24, 2.45) is 21.7 Å². The van der Waals surface area contributed by atoms with E-state index < -0.39 is 0 Å². The van der Waals surface area contributed by atoms with Crippen LogP contribution in [0.3, 0.4) is 0 Å². The number of aliphatic imine (C=N–C) groups is 1. The lowest BCUT2D eigenvalue weighted by Crippen LogP contribution is -2.44. The molecule has 0 radical (unpaired) electrons. The Labute approximate surface area is 176 Å². The molecule has 152 valence electrons. The molecule has 3 aliphatic heterocycles. The van der Waals surface area contributed by atoms with Gasteiger partial charge in [0.25, 0.3) is 0 Å². The van der Waals surface area contributed by atoms with E-state index in [1.165, 1.54) is 19.3 Å². The van der Waals surface area contributed by atoms with Crippen molar-refractivity contribution >= 4 is 29.9 Å². The monoisotopic (exact) mass is 479 g/mol. The molecule has 0 aliphatic carbocycles. The molecule has 5 nitrogen and oxygen atoms in total. The van der Waals surface area contributed by atoms with Crippen LogP contribution in [0.25, 0.3) is 0 Å². The van der Waals surface area contributed by atoms with Gasteiger partial charge in [-0.05, 0) is 38.0 Å². The first-order valence-electron chi connectivity index (χ1n) is 10.2. The normalized spacial score (nSPS) is 32.8. The highest BCUT2D eigenvalue weighted by Crippen LogP contribution is 2.38. The van der Waals surface area contributed by atoms with Crippen LogP contribution in [0.2, 0.25) is 0 Å². The Morgan fingerprint density at radius 2 is 2.08 bits per heavy atom. The first kappa shape index (κ1) is 22.2. The zero-order valence-electron chi connectivity index (χ0n) is 17.1. The molecule has 0 aromatic carbocycles. The van der Waals surface area contributed by atoms with Gasteiger partial charge in [0, 0.05) is 50.7 Å². The van der Waals surface area contributed by atoms with Gasteiger partial charge in [-0.15, -0.1) is 24.0 Å². The lowest BCUT2D eigenvalue weighted by Gasteiger charge is -2.39. The third kappa shape index (κ3) is 5.25. The van der Waals surface area contributed by atoms with Crippen molar-refractivity contribution in [1.82, 2.24) is 10.2 Å². The van der Waals surface area contributed by atoms with E-state index in [0.29, 0.717) is 17.4 Å². The number of likely N-dealkylation sites (tertiary alicyclic amines) is 1. The second-order valence-corrected chi connectivity index (χ2v) is 9.23. The quantitative estimate of drug-likeness (QED) is 0.382. The summed E-state index contributed by atoms with van der Waals surface area (Å²) in [4.78, 5) is 7.50. The highest BCUT2D eigenvalue weighted by Gasteiger charge is 2.42. The maximum atomic E-state index is 6.13. The third-order valence-electron chi connectivity index (χ3n) is 6.03. The van der Waals surface area contributed by atoms with Crippen molar-refractivity contribution < 1.29 is 9.47 Å². The molecule has 3 unspecified atom stereocenters. The number of hydrogen-bond acceptors (Lipinski definition) is 3. The fourth-order valence-corrected chi connectivity index (χ4v) is 4.70. The van der Waals surface area contributed by atoms with Gasteiger partial charge < -0.3 is 19.7 Å². The summed E-state index contributed by atoms with van der Waals surface area (Å²) in [7, 11) is 0. The predicted molar refractivity (Wildman–Crippen MR) is 117 cm³/mol. The van der Waals surface area contributed by atoms with Gasteiger partial charge >= 0.3 is 0 Å². The van der Waals surface area contributed by atoms with E-state index in [1.54, 1.807) is 0 Å². The lowest BCUT2D eigenvalue weighted by molar-refractivity contribution is -0.0824. The smallest absolute Gasteiger partial charge is 0.193 e. The maximum absolute atomic E-state index is 6.13. The Bertz CT molecular complexity index is 472. The summed E-state index contributed by atoms with van der Waals surface area (Å²) in [5.74, 6) is 1.61.